The van der Waals surface area contributed by atoms with Crippen molar-refractivity contribution in [2.75, 3.05) is 32.2 Å². The van der Waals surface area contributed by atoms with Crippen molar-refractivity contribution in [3.8, 4) is 6.07 Å². The molecule has 2 N–H and O–H groups in total. The van der Waals surface area contributed by atoms with Crippen LogP contribution in [-0.2, 0) is 14.3 Å². The minimum Gasteiger partial charge on any atom is -0.450 e. The Morgan fingerprint density at radius 2 is 1.84 bits per heavy atom. The van der Waals surface area contributed by atoms with Crippen molar-refractivity contribution in [3.63, 3.8) is 0 Å². The van der Waals surface area contributed by atoms with Crippen LogP contribution in [0.25, 0.3) is 0 Å². The molecule has 0 aromatic carbocycles. The van der Waals surface area contributed by atoms with Crippen molar-refractivity contribution in [1.82, 2.24) is 4.90 Å². The molecular weight excluding hydrogens is 362 g/mol. The van der Waals surface area contributed by atoms with Gasteiger partial charge in [-0.3, -0.25) is 10.5 Å². The monoisotopic (exact) mass is 393 g/mol. The predicted molar refractivity (Wildman–Crippen MR) is 104 cm³/mol. The Bertz CT molecular complexity index is 409. The molecule has 7 nitrogen and oxygen atoms in total. The zero-order valence-corrected chi connectivity index (χ0v) is 17.5. The summed E-state index contributed by atoms with van der Waals surface area (Å²) < 4.78 is 9.62. The van der Waals surface area contributed by atoms with E-state index in [2.05, 4.69) is 25.5 Å². The summed E-state index contributed by atoms with van der Waals surface area (Å²) in [5.74, 6) is 0.303. The third-order valence-corrected chi connectivity index (χ3v) is 5.65. The van der Waals surface area contributed by atoms with Gasteiger partial charge in [0, 0.05) is 30.0 Å². The Morgan fingerprint density at radius 3 is 2.36 bits per heavy atom. The number of nitrogens with zero attached hydrogens (tertiary/aromatic N) is 2. The average molecular weight is 394 g/mol. The average Bonchev–Trinajstić information content (AvgIpc) is 2.56. The van der Waals surface area contributed by atoms with E-state index in [4.69, 9.17) is 15.7 Å². The Labute approximate surface area is 159 Å². The summed E-state index contributed by atoms with van der Waals surface area (Å²) in [6.07, 6.45) is 0.109. The lowest BCUT2D eigenvalue weighted by Crippen LogP contribution is -2.35. The summed E-state index contributed by atoms with van der Waals surface area (Å²) in [5, 5.41) is 8.33. The van der Waals surface area contributed by atoms with Gasteiger partial charge < -0.3 is 14.4 Å². The highest BCUT2D eigenvalue weighted by Gasteiger charge is 2.16. The first-order chi connectivity index (χ1) is 11.8. The fourth-order valence-corrected chi connectivity index (χ4v) is 3.69. The van der Waals surface area contributed by atoms with Crippen LogP contribution in [0.2, 0.25) is 0 Å². The highest BCUT2D eigenvalue weighted by atomic mass is 33.1. The van der Waals surface area contributed by atoms with E-state index in [0.717, 1.165) is 5.75 Å². The molecule has 0 fully saturated rings. The maximum Gasteiger partial charge on any atom is 0.411 e. The van der Waals surface area contributed by atoms with Crippen LogP contribution in [-0.4, -0.2) is 53.9 Å². The van der Waals surface area contributed by atoms with Crippen LogP contribution in [0.3, 0.4) is 0 Å². The van der Waals surface area contributed by atoms with E-state index < -0.39 is 12.1 Å². The molecule has 25 heavy (non-hydrogen) atoms. The molecule has 0 heterocycles. The zero-order chi connectivity index (χ0) is 19.7. The number of hydrogen-bond donors (Lipinski definition) is 1. The lowest BCUT2D eigenvalue weighted by atomic mass is 10.3. The van der Waals surface area contributed by atoms with Crippen LogP contribution >= 0.6 is 21.6 Å². The van der Waals surface area contributed by atoms with Crippen molar-refractivity contribution < 1.29 is 19.1 Å². The highest BCUT2D eigenvalue weighted by Crippen LogP contribution is 2.34. The summed E-state index contributed by atoms with van der Waals surface area (Å²) >= 11 is 0. The fourth-order valence-electron chi connectivity index (χ4n) is 1.42. The second kappa shape index (κ2) is 16.4. The first-order valence-electron chi connectivity index (χ1n) is 8.25. The van der Waals surface area contributed by atoms with Crippen molar-refractivity contribution in [1.29, 1.82) is 5.26 Å². The molecule has 0 aromatic rings. The SMILES string of the molecule is CC.CC(C)(C)SSCCN(CCCC(=O)OCC#N)C(=O)OCN. The number of carbonyl (C=O) groups excluding carboxylic acids is 2. The van der Waals surface area contributed by atoms with Crippen LogP contribution in [0.5, 0.6) is 0 Å². The van der Waals surface area contributed by atoms with E-state index in [9.17, 15) is 9.59 Å². The molecule has 0 saturated carbocycles. The van der Waals surface area contributed by atoms with Gasteiger partial charge in [0.2, 0.25) is 0 Å². The Morgan fingerprint density at radius 1 is 1.20 bits per heavy atom. The van der Waals surface area contributed by atoms with Crippen molar-refractivity contribution in [2.45, 2.75) is 52.2 Å². The molecule has 0 aromatic heterocycles. The largest absolute Gasteiger partial charge is 0.450 e. The van der Waals surface area contributed by atoms with Gasteiger partial charge in [-0.05, 0) is 6.42 Å². The molecule has 0 aliphatic heterocycles. The summed E-state index contributed by atoms with van der Waals surface area (Å²) in [7, 11) is 3.43. The maximum absolute atomic E-state index is 11.8. The molecule has 0 bridgehead atoms. The molecule has 146 valence electrons. The Kier molecular flexibility index (Phi) is 17.1. The third-order valence-electron chi connectivity index (χ3n) is 2.33. The normalized spacial score (nSPS) is 10.1. The van der Waals surface area contributed by atoms with Gasteiger partial charge in [-0.25, -0.2) is 4.79 Å². The van der Waals surface area contributed by atoms with Gasteiger partial charge in [0.25, 0.3) is 0 Å². The molecule has 0 rings (SSSR count). The second-order valence-corrected chi connectivity index (χ2v) is 8.75. The van der Waals surface area contributed by atoms with Gasteiger partial charge in [-0.2, -0.15) is 5.26 Å². The predicted octanol–water partition coefficient (Wildman–Crippen LogP) is 3.39. The second-order valence-electron chi connectivity index (χ2n) is 5.50. The number of ether oxygens (including phenoxy) is 2. The maximum atomic E-state index is 11.8. The van der Waals surface area contributed by atoms with E-state index in [1.54, 1.807) is 27.7 Å². The van der Waals surface area contributed by atoms with Gasteiger partial charge in [-0.1, -0.05) is 56.2 Å². The van der Waals surface area contributed by atoms with Crippen molar-refractivity contribution >= 4 is 33.7 Å². The molecule has 0 radical (unpaired) electrons. The number of carbonyl (C=O) groups is 2. The molecule has 9 heteroatoms. The van der Waals surface area contributed by atoms with Crippen LogP contribution in [0.1, 0.15) is 47.5 Å². The number of esters is 1. The van der Waals surface area contributed by atoms with Gasteiger partial charge in [0.15, 0.2) is 6.61 Å². The number of nitrogens with two attached hydrogens (primary N) is 1. The minimum absolute atomic E-state index is 0.151. The molecular formula is C16H31N3O4S2. The van der Waals surface area contributed by atoms with Crippen molar-refractivity contribution in [2.24, 2.45) is 5.73 Å². The molecule has 0 atom stereocenters. The van der Waals surface area contributed by atoms with E-state index in [-0.39, 0.29) is 24.5 Å². The number of hydrogen-bond acceptors (Lipinski definition) is 8. The topological polar surface area (TPSA) is 106 Å². The summed E-state index contributed by atoms with van der Waals surface area (Å²) in [6, 6.07) is 1.73. The molecule has 0 aliphatic carbocycles. The van der Waals surface area contributed by atoms with Gasteiger partial charge in [-0.15, -0.1) is 0 Å². The smallest absolute Gasteiger partial charge is 0.411 e. The fraction of sp³-hybridized carbons (Fsp3) is 0.812. The van der Waals surface area contributed by atoms with Crippen molar-refractivity contribution in [3.05, 3.63) is 0 Å². The number of amides is 1. The summed E-state index contributed by atoms with van der Waals surface area (Å²) in [5.41, 5.74) is 5.23. The first kappa shape index (κ1) is 26.1. The summed E-state index contributed by atoms with van der Waals surface area (Å²) in [6.45, 7) is 10.8. The molecule has 1 amide bonds. The Hall–Kier alpha value is -1.11. The van der Waals surface area contributed by atoms with E-state index in [1.807, 2.05) is 13.8 Å². The van der Waals surface area contributed by atoms with E-state index in [0.29, 0.717) is 19.5 Å². The first-order valence-corrected chi connectivity index (χ1v) is 10.6. The summed E-state index contributed by atoms with van der Waals surface area (Å²) in [4.78, 5) is 24.7. The highest BCUT2D eigenvalue weighted by molar-refractivity contribution is 8.77. The van der Waals surface area contributed by atoms with Gasteiger partial charge in [0.05, 0.1) is 0 Å². The standard InChI is InChI=1S/C14H25N3O4S2.C2H6/c1-14(2,3)23-22-10-8-17(13(19)21-11-16)7-4-5-12(18)20-9-6-15;1-2/h4-5,7-11,16H2,1-3H3;1-2H3. The zero-order valence-electron chi connectivity index (χ0n) is 15.9. The molecule has 0 aliphatic rings. The van der Waals surface area contributed by atoms with Crippen LogP contribution in [0, 0.1) is 11.3 Å². The lowest BCUT2D eigenvalue weighted by Gasteiger charge is -2.22. The Balaban J connectivity index is 0. The van der Waals surface area contributed by atoms with E-state index >= 15 is 0 Å². The number of nitriles is 1. The third kappa shape index (κ3) is 17.5. The molecule has 0 spiro atoms. The quantitative estimate of drug-likeness (QED) is 0.260. The van der Waals surface area contributed by atoms with Crippen LogP contribution in [0.15, 0.2) is 0 Å². The molecule has 0 saturated heterocycles. The number of rotatable bonds is 10. The minimum atomic E-state index is -0.487. The van der Waals surface area contributed by atoms with Crippen LogP contribution in [0.4, 0.5) is 4.79 Å². The van der Waals surface area contributed by atoms with Crippen LogP contribution < -0.4 is 5.73 Å². The van der Waals surface area contributed by atoms with Gasteiger partial charge in [0.1, 0.15) is 12.8 Å². The van der Waals surface area contributed by atoms with Gasteiger partial charge >= 0.3 is 12.1 Å². The lowest BCUT2D eigenvalue weighted by molar-refractivity contribution is -0.142. The molecule has 0 unspecified atom stereocenters. The van der Waals surface area contributed by atoms with E-state index in [1.165, 1.54) is 4.90 Å².